The normalized spacial score (nSPS) is 11.1. The van der Waals surface area contributed by atoms with Gasteiger partial charge in [0.15, 0.2) is 0 Å². The SMILES string of the molecule is CCCCOc1ccc2c(-c3ccccc3)c(-c3ccc(-n4cnc(-c5ccccc5)c4-c4ccccc4)cc3)c(=O)oc2c1. The molecule has 0 saturated heterocycles. The number of hydrogen-bond donors (Lipinski definition) is 0. The molecule has 5 nitrogen and oxygen atoms in total. The van der Waals surface area contributed by atoms with Gasteiger partial charge in [0, 0.05) is 33.8 Å². The lowest BCUT2D eigenvalue weighted by molar-refractivity contribution is 0.309. The van der Waals surface area contributed by atoms with Crippen LogP contribution in [0.2, 0.25) is 0 Å². The number of unbranched alkanes of at least 4 members (excludes halogenated alkanes) is 1. The van der Waals surface area contributed by atoms with Crippen molar-refractivity contribution in [2.75, 3.05) is 6.61 Å². The molecule has 0 spiro atoms. The second kappa shape index (κ2) is 12.5. The monoisotopic (exact) mass is 588 g/mol. The van der Waals surface area contributed by atoms with E-state index < -0.39 is 5.63 Å². The van der Waals surface area contributed by atoms with Crippen LogP contribution in [0.15, 0.2) is 149 Å². The third-order valence-electron chi connectivity index (χ3n) is 8.00. The Morgan fingerprint density at radius 2 is 1.31 bits per heavy atom. The first kappa shape index (κ1) is 28.1. The van der Waals surface area contributed by atoms with Gasteiger partial charge in [-0.25, -0.2) is 9.78 Å². The van der Waals surface area contributed by atoms with Crippen LogP contribution in [0, 0.1) is 0 Å². The Balaban J connectivity index is 1.35. The molecule has 0 amide bonds. The Kier molecular flexibility index (Phi) is 7.81. The third-order valence-corrected chi connectivity index (χ3v) is 8.00. The Hall–Kier alpha value is -5.68. The fourth-order valence-corrected chi connectivity index (χ4v) is 5.78. The number of imidazole rings is 1. The van der Waals surface area contributed by atoms with Crippen LogP contribution in [0.25, 0.3) is 61.4 Å². The van der Waals surface area contributed by atoms with E-state index in [2.05, 4.69) is 35.8 Å². The van der Waals surface area contributed by atoms with E-state index in [0.29, 0.717) is 23.5 Å². The summed E-state index contributed by atoms with van der Waals surface area (Å²) >= 11 is 0. The molecule has 0 radical (unpaired) electrons. The maximum absolute atomic E-state index is 13.7. The van der Waals surface area contributed by atoms with E-state index in [1.165, 1.54) is 0 Å². The predicted octanol–water partition coefficient (Wildman–Crippen LogP) is 9.83. The highest BCUT2D eigenvalue weighted by atomic mass is 16.5. The first-order valence-corrected chi connectivity index (χ1v) is 15.3. The summed E-state index contributed by atoms with van der Waals surface area (Å²) in [6.07, 6.45) is 3.87. The highest BCUT2D eigenvalue weighted by Gasteiger charge is 2.20. The number of hydrogen-bond acceptors (Lipinski definition) is 4. The van der Waals surface area contributed by atoms with Crippen molar-refractivity contribution < 1.29 is 9.15 Å². The lowest BCUT2D eigenvalue weighted by atomic mass is 9.93. The molecule has 0 aliphatic heterocycles. The Morgan fingerprint density at radius 1 is 0.689 bits per heavy atom. The van der Waals surface area contributed by atoms with E-state index in [1.54, 1.807) is 0 Å². The quantitative estimate of drug-likeness (QED) is 0.124. The predicted molar refractivity (Wildman–Crippen MR) is 182 cm³/mol. The van der Waals surface area contributed by atoms with Crippen LogP contribution in [0.4, 0.5) is 0 Å². The molecular formula is C40H32N2O3. The van der Waals surface area contributed by atoms with Crippen molar-refractivity contribution >= 4 is 11.0 Å². The highest BCUT2D eigenvalue weighted by Crippen LogP contribution is 2.38. The Bertz CT molecular complexity index is 2120. The second-order valence-electron chi connectivity index (χ2n) is 11.0. The number of fused-ring (bicyclic) bond motifs is 1. The summed E-state index contributed by atoms with van der Waals surface area (Å²) in [4.78, 5) is 18.6. The van der Waals surface area contributed by atoms with Gasteiger partial charge in [-0.3, -0.25) is 4.57 Å². The van der Waals surface area contributed by atoms with E-state index >= 15 is 0 Å². The summed E-state index contributed by atoms with van der Waals surface area (Å²) < 4.78 is 14.0. The lowest BCUT2D eigenvalue weighted by Gasteiger charge is -2.15. The average molecular weight is 589 g/mol. The maximum Gasteiger partial charge on any atom is 0.344 e. The van der Waals surface area contributed by atoms with Crippen LogP contribution in [0.3, 0.4) is 0 Å². The molecule has 0 aliphatic carbocycles. The number of ether oxygens (including phenoxy) is 1. The fourth-order valence-electron chi connectivity index (χ4n) is 5.78. The molecule has 2 aromatic heterocycles. The third kappa shape index (κ3) is 5.56. The molecule has 0 aliphatic rings. The van der Waals surface area contributed by atoms with Crippen molar-refractivity contribution in [3.8, 4) is 56.2 Å². The average Bonchev–Trinajstić information content (AvgIpc) is 3.54. The molecule has 7 aromatic rings. The van der Waals surface area contributed by atoms with Gasteiger partial charge >= 0.3 is 5.63 Å². The van der Waals surface area contributed by atoms with E-state index in [0.717, 1.165) is 63.1 Å². The van der Waals surface area contributed by atoms with Crippen molar-refractivity contribution in [3.05, 3.63) is 150 Å². The van der Waals surface area contributed by atoms with Crippen LogP contribution < -0.4 is 10.4 Å². The van der Waals surface area contributed by atoms with Crippen molar-refractivity contribution in [1.82, 2.24) is 9.55 Å². The number of nitrogens with zero attached hydrogens (tertiary/aromatic N) is 2. The van der Waals surface area contributed by atoms with E-state index in [-0.39, 0.29) is 0 Å². The highest BCUT2D eigenvalue weighted by molar-refractivity contribution is 6.01. The van der Waals surface area contributed by atoms with Crippen molar-refractivity contribution in [2.24, 2.45) is 0 Å². The standard InChI is InChI=1S/C40H32N2O3/c1-2-3-25-44-33-23-24-34-35(26-33)45-40(43)37(36(34)28-13-7-4-8-14-28)29-19-21-32(22-20-29)42-27-41-38(30-15-9-5-10-16-30)39(42)31-17-11-6-12-18-31/h4-24,26-27H,2-3,25H2,1H3. The van der Waals surface area contributed by atoms with E-state index in [1.807, 2.05) is 116 Å². The molecule has 5 heteroatoms. The van der Waals surface area contributed by atoms with Gasteiger partial charge < -0.3 is 9.15 Å². The molecule has 0 fully saturated rings. The van der Waals surface area contributed by atoms with Crippen LogP contribution in [0.5, 0.6) is 5.75 Å². The molecule has 0 N–H and O–H groups in total. The molecular weight excluding hydrogens is 556 g/mol. The summed E-state index contributed by atoms with van der Waals surface area (Å²) in [7, 11) is 0. The zero-order valence-electron chi connectivity index (χ0n) is 25.0. The summed E-state index contributed by atoms with van der Waals surface area (Å²) in [5, 5.41) is 0.858. The second-order valence-corrected chi connectivity index (χ2v) is 11.0. The fraction of sp³-hybridized carbons (Fsp3) is 0.100. The largest absolute Gasteiger partial charge is 0.493 e. The first-order valence-electron chi connectivity index (χ1n) is 15.3. The molecule has 5 aromatic carbocycles. The maximum atomic E-state index is 13.7. The lowest BCUT2D eigenvalue weighted by Crippen LogP contribution is -2.07. The molecule has 0 unspecified atom stereocenters. The zero-order valence-corrected chi connectivity index (χ0v) is 25.0. The summed E-state index contributed by atoms with van der Waals surface area (Å²) in [6.45, 7) is 2.75. The summed E-state index contributed by atoms with van der Waals surface area (Å²) in [5.41, 5.74) is 8.17. The molecule has 0 atom stereocenters. The molecule has 45 heavy (non-hydrogen) atoms. The Labute approximate surface area is 262 Å². The van der Waals surface area contributed by atoms with Gasteiger partial charge in [0.25, 0.3) is 0 Å². The minimum Gasteiger partial charge on any atom is -0.493 e. The Morgan fingerprint density at radius 3 is 1.98 bits per heavy atom. The van der Waals surface area contributed by atoms with E-state index in [9.17, 15) is 4.79 Å². The summed E-state index contributed by atoms with van der Waals surface area (Å²) in [5.74, 6) is 0.694. The molecule has 0 bridgehead atoms. The van der Waals surface area contributed by atoms with Gasteiger partial charge in [0.05, 0.1) is 23.6 Å². The number of rotatable bonds is 9. The minimum atomic E-state index is -0.390. The summed E-state index contributed by atoms with van der Waals surface area (Å²) in [6, 6.07) is 44.3. The molecule has 0 saturated carbocycles. The van der Waals surface area contributed by atoms with Gasteiger partial charge in [0.1, 0.15) is 17.7 Å². The zero-order chi connectivity index (χ0) is 30.6. The first-order chi connectivity index (χ1) is 22.2. The van der Waals surface area contributed by atoms with Gasteiger partial charge in [0.2, 0.25) is 0 Å². The molecule has 7 rings (SSSR count). The smallest absolute Gasteiger partial charge is 0.344 e. The van der Waals surface area contributed by atoms with Gasteiger partial charge in [-0.05, 0) is 41.8 Å². The number of aromatic nitrogens is 2. The van der Waals surface area contributed by atoms with Crippen molar-refractivity contribution in [2.45, 2.75) is 19.8 Å². The van der Waals surface area contributed by atoms with Crippen LogP contribution in [-0.4, -0.2) is 16.2 Å². The number of benzene rings is 5. The van der Waals surface area contributed by atoms with Crippen LogP contribution in [0.1, 0.15) is 19.8 Å². The van der Waals surface area contributed by atoms with Gasteiger partial charge in [-0.1, -0.05) is 116 Å². The topological polar surface area (TPSA) is 57.3 Å². The minimum absolute atomic E-state index is 0.390. The molecule has 220 valence electrons. The molecule has 2 heterocycles. The van der Waals surface area contributed by atoms with Crippen molar-refractivity contribution in [3.63, 3.8) is 0 Å². The van der Waals surface area contributed by atoms with Crippen LogP contribution in [-0.2, 0) is 0 Å². The van der Waals surface area contributed by atoms with Crippen LogP contribution >= 0.6 is 0 Å². The van der Waals surface area contributed by atoms with E-state index in [4.69, 9.17) is 14.1 Å². The van der Waals surface area contributed by atoms with Gasteiger partial charge in [-0.15, -0.1) is 0 Å². The van der Waals surface area contributed by atoms with Crippen molar-refractivity contribution in [1.29, 1.82) is 0 Å². The van der Waals surface area contributed by atoms with Gasteiger partial charge in [-0.2, -0.15) is 0 Å².